The van der Waals surface area contributed by atoms with Gasteiger partial charge in [0.2, 0.25) is 5.91 Å². The van der Waals surface area contributed by atoms with Crippen molar-refractivity contribution in [3.05, 3.63) is 108 Å². The van der Waals surface area contributed by atoms with Crippen LogP contribution in [0.5, 0.6) is 0 Å². The van der Waals surface area contributed by atoms with Crippen LogP contribution in [0.2, 0.25) is 0 Å². The van der Waals surface area contributed by atoms with Gasteiger partial charge in [0.1, 0.15) is 24.4 Å². The number of fused-ring (bicyclic) bond motifs is 1. The molecule has 0 spiro atoms. The summed E-state index contributed by atoms with van der Waals surface area (Å²) in [4.78, 5) is 12.7. The molecule has 1 aliphatic heterocycles. The molecular weight excluding hydrogens is 544 g/mol. The van der Waals surface area contributed by atoms with E-state index in [1.807, 2.05) is 60.7 Å². The number of aliphatic hydroxyl groups excluding tert-OH is 1. The van der Waals surface area contributed by atoms with Crippen molar-refractivity contribution in [1.82, 2.24) is 5.32 Å². The maximum Gasteiger partial charge on any atom is 0.220 e. The average molecular weight is 585 g/mol. The second-order valence-electron chi connectivity index (χ2n) is 10.8. The van der Waals surface area contributed by atoms with Crippen LogP contribution >= 0.6 is 0 Å². The SMILES string of the molecule is CO[C@H]1[C@H](O)[C@@H](COCc2ccc3ccccc3c2)OC(OCc2ccc(-c3ccccc3)cc2)[C@@H]1NC(=O)CCCN. The summed E-state index contributed by atoms with van der Waals surface area (Å²) in [6.45, 7) is 1.12. The zero-order valence-electron chi connectivity index (χ0n) is 24.4. The molecule has 5 atom stereocenters. The van der Waals surface area contributed by atoms with Crippen molar-refractivity contribution in [1.29, 1.82) is 0 Å². The first-order chi connectivity index (χ1) is 21.1. The van der Waals surface area contributed by atoms with Crippen LogP contribution in [0.25, 0.3) is 21.9 Å². The minimum Gasteiger partial charge on any atom is -0.388 e. The highest BCUT2D eigenvalue weighted by Gasteiger charge is 2.47. The Labute approximate surface area is 252 Å². The standard InChI is InChI=1S/C35H40N2O6/c1-40-34-32(37-31(38)12-7-19-36)35(42-22-24-13-16-28(17-14-24)26-8-3-2-4-9-26)43-30(33(34)39)23-41-21-25-15-18-27-10-5-6-11-29(27)20-25/h2-6,8-11,13-18,20,30,32-35,39H,7,12,19,21-23,36H2,1H3,(H,37,38)/t30-,32-,33-,34-,35?/m1/s1. The molecule has 0 aromatic heterocycles. The maximum atomic E-state index is 12.7. The van der Waals surface area contributed by atoms with E-state index in [0.717, 1.165) is 33.0 Å². The Morgan fingerprint density at radius 3 is 2.33 bits per heavy atom. The molecular formula is C35H40N2O6. The number of amides is 1. The molecule has 8 heteroatoms. The number of nitrogens with one attached hydrogen (secondary N) is 1. The molecule has 0 bridgehead atoms. The van der Waals surface area contributed by atoms with E-state index < -0.39 is 30.6 Å². The van der Waals surface area contributed by atoms with Crippen LogP contribution in [-0.2, 0) is 37.0 Å². The largest absolute Gasteiger partial charge is 0.388 e. The highest BCUT2D eigenvalue weighted by molar-refractivity contribution is 5.83. The minimum atomic E-state index is -1.05. The van der Waals surface area contributed by atoms with Gasteiger partial charge in [-0.05, 0) is 52.1 Å². The normalized spacial score (nSPS) is 22.0. The number of ether oxygens (including phenoxy) is 4. The first-order valence-corrected chi connectivity index (χ1v) is 14.7. The van der Waals surface area contributed by atoms with Crippen molar-refractivity contribution in [3.8, 4) is 11.1 Å². The van der Waals surface area contributed by atoms with E-state index in [1.165, 1.54) is 7.11 Å². The predicted molar refractivity (Wildman–Crippen MR) is 166 cm³/mol. The molecule has 43 heavy (non-hydrogen) atoms. The summed E-state index contributed by atoms with van der Waals surface area (Å²) in [5.74, 6) is -0.208. The molecule has 5 rings (SSSR count). The van der Waals surface area contributed by atoms with Gasteiger partial charge in [0.05, 0.1) is 19.8 Å². The Balaban J connectivity index is 1.26. The van der Waals surface area contributed by atoms with Crippen molar-refractivity contribution < 1.29 is 28.8 Å². The number of carbonyl (C=O) groups is 1. The van der Waals surface area contributed by atoms with Gasteiger partial charge in [-0.3, -0.25) is 4.79 Å². The molecule has 4 aromatic rings. The predicted octanol–water partition coefficient (Wildman–Crippen LogP) is 4.56. The molecule has 1 aliphatic rings. The quantitative estimate of drug-likeness (QED) is 0.211. The molecule has 1 amide bonds. The minimum absolute atomic E-state index is 0.118. The zero-order chi connectivity index (χ0) is 30.0. The van der Waals surface area contributed by atoms with Crippen LogP contribution in [-0.4, -0.2) is 61.9 Å². The van der Waals surface area contributed by atoms with Crippen LogP contribution in [0.3, 0.4) is 0 Å². The van der Waals surface area contributed by atoms with Crippen molar-refractivity contribution in [2.75, 3.05) is 20.3 Å². The van der Waals surface area contributed by atoms with E-state index in [-0.39, 0.29) is 25.5 Å². The molecule has 0 radical (unpaired) electrons. The Morgan fingerprint density at radius 2 is 1.58 bits per heavy atom. The van der Waals surface area contributed by atoms with Crippen LogP contribution in [0.1, 0.15) is 24.0 Å². The van der Waals surface area contributed by atoms with Crippen molar-refractivity contribution in [2.45, 2.75) is 56.7 Å². The number of nitrogens with two attached hydrogens (primary N) is 1. The molecule has 4 aromatic carbocycles. The van der Waals surface area contributed by atoms with E-state index in [4.69, 9.17) is 24.7 Å². The Hall–Kier alpha value is -3.63. The summed E-state index contributed by atoms with van der Waals surface area (Å²) >= 11 is 0. The van der Waals surface area contributed by atoms with Gasteiger partial charge in [0.25, 0.3) is 0 Å². The van der Waals surface area contributed by atoms with Crippen molar-refractivity contribution >= 4 is 16.7 Å². The van der Waals surface area contributed by atoms with Crippen LogP contribution < -0.4 is 11.1 Å². The molecule has 0 aliphatic carbocycles. The molecule has 226 valence electrons. The third-order valence-corrected chi connectivity index (χ3v) is 7.72. The van der Waals surface area contributed by atoms with Crippen molar-refractivity contribution in [3.63, 3.8) is 0 Å². The Morgan fingerprint density at radius 1 is 0.884 bits per heavy atom. The lowest BCUT2D eigenvalue weighted by molar-refractivity contribution is -0.279. The second-order valence-corrected chi connectivity index (χ2v) is 10.8. The lowest BCUT2D eigenvalue weighted by Gasteiger charge is -2.44. The van der Waals surface area contributed by atoms with Gasteiger partial charge in [-0.2, -0.15) is 0 Å². The summed E-state index contributed by atoms with van der Waals surface area (Å²) in [5.41, 5.74) is 9.80. The van der Waals surface area contributed by atoms with Gasteiger partial charge < -0.3 is 35.1 Å². The molecule has 1 unspecified atom stereocenters. The lowest BCUT2D eigenvalue weighted by Crippen LogP contribution is -2.65. The topological polar surface area (TPSA) is 112 Å². The lowest BCUT2D eigenvalue weighted by atomic mass is 9.96. The van der Waals surface area contributed by atoms with Gasteiger partial charge in [0.15, 0.2) is 6.29 Å². The molecule has 1 fully saturated rings. The fourth-order valence-electron chi connectivity index (χ4n) is 5.38. The number of rotatable bonds is 13. The number of benzene rings is 4. The fraction of sp³-hybridized carbons (Fsp3) is 0.343. The van der Waals surface area contributed by atoms with Crippen molar-refractivity contribution in [2.24, 2.45) is 5.73 Å². The third-order valence-electron chi connectivity index (χ3n) is 7.72. The molecule has 1 saturated heterocycles. The monoisotopic (exact) mass is 584 g/mol. The highest BCUT2D eigenvalue weighted by Crippen LogP contribution is 2.27. The summed E-state index contributed by atoms with van der Waals surface area (Å²) < 4.78 is 24.2. The van der Waals surface area contributed by atoms with E-state index in [1.54, 1.807) is 0 Å². The summed E-state index contributed by atoms with van der Waals surface area (Å²) in [7, 11) is 1.50. The van der Waals surface area contributed by atoms with Crippen LogP contribution in [0, 0.1) is 0 Å². The van der Waals surface area contributed by atoms with E-state index >= 15 is 0 Å². The first-order valence-electron chi connectivity index (χ1n) is 14.7. The van der Waals surface area contributed by atoms with Crippen LogP contribution in [0.4, 0.5) is 0 Å². The van der Waals surface area contributed by atoms with E-state index in [2.05, 4.69) is 41.7 Å². The number of aliphatic hydroxyl groups is 1. The fourth-order valence-corrected chi connectivity index (χ4v) is 5.38. The third kappa shape index (κ3) is 8.06. The molecule has 0 saturated carbocycles. The highest BCUT2D eigenvalue weighted by atomic mass is 16.7. The first kappa shape index (κ1) is 30.8. The summed E-state index contributed by atoms with van der Waals surface area (Å²) in [6, 6.07) is 31.9. The Bertz CT molecular complexity index is 1450. The van der Waals surface area contributed by atoms with Crippen LogP contribution in [0.15, 0.2) is 97.1 Å². The van der Waals surface area contributed by atoms with Gasteiger partial charge in [0, 0.05) is 13.5 Å². The number of methoxy groups -OCH3 is 1. The van der Waals surface area contributed by atoms with Gasteiger partial charge in [-0.15, -0.1) is 0 Å². The molecule has 1 heterocycles. The molecule has 4 N–H and O–H groups in total. The van der Waals surface area contributed by atoms with E-state index in [9.17, 15) is 9.90 Å². The summed E-state index contributed by atoms with van der Waals surface area (Å²) in [5, 5.41) is 16.5. The zero-order valence-corrected chi connectivity index (χ0v) is 24.4. The summed E-state index contributed by atoms with van der Waals surface area (Å²) in [6.07, 6.45) is -2.62. The van der Waals surface area contributed by atoms with Gasteiger partial charge >= 0.3 is 0 Å². The smallest absolute Gasteiger partial charge is 0.220 e. The second kappa shape index (κ2) is 15.2. The number of hydrogen-bond donors (Lipinski definition) is 3. The Kier molecular flexibility index (Phi) is 10.9. The van der Waals surface area contributed by atoms with Gasteiger partial charge in [-0.25, -0.2) is 0 Å². The number of hydrogen-bond acceptors (Lipinski definition) is 7. The average Bonchev–Trinajstić information content (AvgIpc) is 3.05. The van der Waals surface area contributed by atoms with E-state index in [0.29, 0.717) is 19.6 Å². The van der Waals surface area contributed by atoms with Gasteiger partial charge in [-0.1, -0.05) is 91.0 Å². The number of carbonyl (C=O) groups excluding carboxylic acids is 1. The molecule has 8 nitrogen and oxygen atoms in total. The maximum absolute atomic E-state index is 12.7.